The van der Waals surface area contributed by atoms with Gasteiger partial charge in [-0.15, -0.1) is 6.58 Å². The molecule has 0 unspecified atom stereocenters. The lowest BCUT2D eigenvalue weighted by atomic mass is 10.1. The van der Waals surface area contributed by atoms with Crippen molar-refractivity contribution in [2.24, 2.45) is 0 Å². The lowest BCUT2D eigenvalue weighted by Crippen LogP contribution is -2.15. The Labute approximate surface area is 80.5 Å². The summed E-state index contributed by atoms with van der Waals surface area (Å²) in [5.41, 5.74) is 1.17. The fourth-order valence-electron chi connectivity index (χ4n) is 1.31. The fraction of sp³-hybridized carbons (Fsp3) is 0.333. The molecule has 0 bridgehead atoms. The Morgan fingerprint density at radius 1 is 1.38 bits per heavy atom. The van der Waals surface area contributed by atoms with E-state index in [1.54, 1.807) is 0 Å². The minimum absolute atomic E-state index is 0.396. The van der Waals surface area contributed by atoms with Gasteiger partial charge in [0.2, 0.25) is 0 Å². The topological polar surface area (TPSA) is 12.0 Å². The van der Waals surface area contributed by atoms with Crippen LogP contribution in [0.4, 0.5) is 5.69 Å². The quantitative estimate of drug-likeness (QED) is 0.676. The van der Waals surface area contributed by atoms with E-state index in [9.17, 15) is 0 Å². The van der Waals surface area contributed by atoms with Crippen molar-refractivity contribution in [1.82, 2.24) is 0 Å². The number of para-hydroxylation sites is 1. The molecule has 1 rings (SSSR count). The maximum absolute atomic E-state index is 3.81. The highest BCUT2D eigenvalue weighted by Crippen LogP contribution is 2.10. The Kier molecular flexibility index (Phi) is 4.10. The van der Waals surface area contributed by atoms with Crippen molar-refractivity contribution >= 4 is 5.69 Å². The molecule has 70 valence electrons. The molecule has 0 aliphatic carbocycles. The zero-order chi connectivity index (χ0) is 9.52. The lowest BCUT2D eigenvalue weighted by molar-refractivity contribution is 0.741. The molecule has 0 amide bonds. The minimum Gasteiger partial charge on any atom is -0.379 e. The molecule has 1 aromatic rings. The minimum atomic E-state index is 0.396. The van der Waals surface area contributed by atoms with Crippen LogP contribution in [0.1, 0.15) is 19.8 Å². The SMILES string of the molecule is C=C[C@@H](CCC)Nc1ccccc1. The van der Waals surface area contributed by atoms with E-state index in [0.29, 0.717) is 6.04 Å². The standard InChI is InChI=1S/C12H17N/c1-3-8-11(4-2)13-12-9-6-5-7-10-12/h4-7,9-11,13H,2-3,8H2,1H3/t11-/m0/s1. The Balaban J connectivity index is 2.51. The first-order chi connectivity index (χ1) is 6.36. The molecule has 0 saturated carbocycles. The fourth-order valence-corrected chi connectivity index (χ4v) is 1.31. The molecule has 0 aliphatic rings. The lowest BCUT2D eigenvalue weighted by Gasteiger charge is -2.14. The van der Waals surface area contributed by atoms with Crippen molar-refractivity contribution in [3.8, 4) is 0 Å². The molecule has 0 aromatic heterocycles. The van der Waals surface area contributed by atoms with E-state index in [1.165, 1.54) is 12.1 Å². The summed E-state index contributed by atoms with van der Waals surface area (Å²) in [5, 5.41) is 3.41. The summed E-state index contributed by atoms with van der Waals surface area (Å²) in [4.78, 5) is 0. The van der Waals surface area contributed by atoms with Gasteiger partial charge in [0.15, 0.2) is 0 Å². The monoisotopic (exact) mass is 175 g/mol. The Morgan fingerprint density at radius 3 is 2.62 bits per heavy atom. The van der Waals surface area contributed by atoms with E-state index in [-0.39, 0.29) is 0 Å². The summed E-state index contributed by atoms with van der Waals surface area (Å²) >= 11 is 0. The normalized spacial score (nSPS) is 12.1. The van der Waals surface area contributed by atoms with Crippen LogP contribution in [0.5, 0.6) is 0 Å². The Morgan fingerprint density at radius 2 is 2.08 bits per heavy atom. The van der Waals surface area contributed by atoms with Crippen molar-refractivity contribution in [3.63, 3.8) is 0 Å². The summed E-state index contributed by atoms with van der Waals surface area (Å²) in [5.74, 6) is 0. The summed E-state index contributed by atoms with van der Waals surface area (Å²) in [6, 6.07) is 10.6. The summed E-state index contributed by atoms with van der Waals surface area (Å²) in [7, 11) is 0. The van der Waals surface area contributed by atoms with Crippen LogP contribution in [0, 0.1) is 0 Å². The predicted molar refractivity (Wildman–Crippen MR) is 59.0 cm³/mol. The van der Waals surface area contributed by atoms with E-state index in [1.807, 2.05) is 24.3 Å². The zero-order valence-electron chi connectivity index (χ0n) is 8.16. The number of hydrogen-bond donors (Lipinski definition) is 1. The number of nitrogens with one attached hydrogen (secondary N) is 1. The van der Waals surface area contributed by atoms with Crippen molar-refractivity contribution in [2.75, 3.05) is 5.32 Å². The van der Waals surface area contributed by atoms with Crippen molar-refractivity contribution in [1.29, 1.82) is 0 Å². The summed E-state index contributed by atoms with van der Waals surface area (Å²) < 4.78 is 0. The van der Waals surface area contributed by atoms with Gasteiger partial charge in [0.05, 0.1) is 0 Å². The van der Waals surface area contributed by atoms with Crippen LogP contribution >= 0.6 is 0 Å². The van der Waals surface area contributed by atoms with E-state index < -0.39 is 0 Å². The van der Waals surface area contributed by atoms with Gasteiger partial charge in [-0.3, -0.25) is 0 Å². The van der Waals surface area contributed by atoms with Gasteiger partial charge in [0.25, 0.3) is 0 Å². The van der Waals surface area contributed by atoms with Gasteiger partial charge in [-0.1, -0.05) is 37.6 Å². The van der Waals surface area contributed by atoms with Crippen LogP contribution in [0.3, 0.4) is 0 Å². The molecule has 1 atom stereocenters. The van der Waals surface area contributed by atoms with Crippen LogP contribution < -0.4 is 5.32 Å². The first-order valence-corrected chi connectivity index (χ1v) is 4.81. The van der Waals surface area contributed by atoms with Crippen molar-refractivity contribution in [2.45, 2.75) is 25.8 Å². The molecule has 1 aromatic carbocycles. The van der Waals surface area contributed by atoms with Gasteiger partial charge in [-0.05, 0) is 18.6 Å². The first kappa shape index (κ1) is 9.85. The summed E-state index contributed by atoms with van der Waals surface area (Å²) in [6.07, 6.45) is 4.28. The van der Waals surface area contributed by atoms with Crippen molar-refractivity contribution < 1.29 is 0 Å². The smallest absolute Gasteiger partial charge is 0.0441 e. The van der Waals surface area contributed by atoms with Crippen LogP contribution in [0.2, 0.25) is 0 Å². The highest BCUT2D eigenvalue weighted by molar-refractivity contribution is 5.44. The molecule has 1 N–H and O–H groups in total. The first-order valence-electron chi connectivity index (χ1n) is 4.81. The molecule has 1 heteroatoms. The van der Waals surface area contributed by atoms with E-state index in [4.69, 9.17) is 0 Å². The molecule has 0 fully saturated rings. The maximum Gasteiger partial charge on any atom is 0.0441 e. The molecule has 0 saturated heterocycles. The van der Waals surface area contributed by atoms with Gasteiger partial charge in [0.1, 0.15) is 0 Å². The van der Waals surface area contributed by atoms with Gasteiger partial charge in [0, 0.05) is 11.7 Å². The largest absolute Gasteiger partial charge is 0.379 e. The third kappa shape index (κ3) is 3.32. The van der Waals surface area contributed by atoms with Crippen LogP contribution in [0.15, 0.2) is 43.0 Å². The Bertz CT molecular complexity index is 241. The average molecular weight is 175 g/mol. The highest BCUT2D eigenvalue weighted by atomic mass is 14.9. The third-order valence-electron chi connectivity index (χ3n) is 2.01. The molecule has 1 nitrogen and oxygen atoms in total. The van der Waals surface area contributed by atoms with Crippen LogP contribution in [-0.2, 0) is 0 Å². The molecule has 0 aliphatic heterocycles. The molecular formula is C12H17N. The van der Waals surface area contributed by atoms with Crippen molar-refractivity contribution in [3.05, 3.63) is 43.0 Å². The van der Waals surface area contributed by atoms with E-state index in [2.05, 4.69) is 31.0 Å². The number of rotatable bonds is 5. The van der Waals surface area contributed by atoms with Gasteiger partial charge >= 0.3 is 0 Å². The average Bonchev–Trinajstić information content (AvgIpc) is 2.19. The second-order valence-corrected chi connectivity index (χ2v) is 3.14. The maximum atomic E-state index is 3.81. The Hall–Kier alpha value is -1.24. The molecule has 13 heavy (non-hydrogen) atoms. The molecular weight excluding hydrogens is 158 g/mol. The predicted octanol–water partition coefficient (Wildman–Crippen LogP) is 3.45. The second kappa shape index (κ2) is 5.41. The summed E-state index contributed by atoms with van der Waals surface area (Å²) in [6.45, 7) is 6.00. The second-order valence-electron chi connectivity index (χ2n) is 3.14. The van der Waals surface area contributed by atoms with Crippen LogP contribution in [-0.4, -0.2) is 6.04 Å². The van der Waals surface area contributed by atoms with E-state index in [0.717, 1.165) is 6.42 Å². The van der Waals surface area contributed by atoms with Gasteiger partial charge < -0.3 is 5.32 Å². The molecule has 0 spiro atoms. The zero-order valence-corrected chi connectivity index (χ0v) is 8.16. The number of anilines is 1. The molecule has 0 radical (unpaired) electrons. The number of benzene rings is 1. The number of hydrogen-bond acceptors (Lipinski definition) is 1. The molecule has 0 heterocycles. The highest BCUT2D eigenvalue weighted by Gasteiger charge is 2.00. The van der Waals surface area contributed by atoms with E-state index >= 15 is 0 Å². The van der Waals surface area contributed by atoms with Gasteiger partial charge in [-0.2, -0.15) is 0 Å². The third-order valence-corrected chi connectivity index (χ3v) is 2.01. The van der Waals surface area contributed by atoms with Gasteiger partial charge in [-0.25, -0.2) is 0 Å². The van der Waals surface area contributed by atoms with Crippen LogP contribution in [0.25, 0.3) is 0 Å².